The van der Waals surface area contributed by atoms with Gasteiger partial charge in [-0.2, -0.15) is 0 Å². The molecule has 7 heteroatoms. The van der Waals surface area contributed by atoms with Crippen molar-refractivity contribution in [1.82, 2.24) is 9.97 Å². The molecule has 2 aromatic rings. The molecule has 23 heavy (non-hydrogen) atoms. The minimum absolute atomic E-state index is 0.122. The van der Waals surface area contributed by atoms with Crippen LogP contribution in [0.4, 0.5) is 4.39 Å². The number of thioether (sulfide) groups is 1. The molecule has 2 unspecified atom stereocenters. The number of rotatable bonds is 2. The van der Waals surface area contributed by atoms with Gasteiger partial charge in [0, 0.05) is 35.2 Å². The highest BCUT2D eigenvalue weighted by atomic mass is 32.2. The van der Waals surface area contributed by atoms with E-state index in [4.69, 9.17) is 10.5 Å². The van der Waals surface area contributed by atoms with E-state index >= 15 is 0 Å². The maximum atomic E-state index is 14.6. The van der Waals surface area contributed by atoms with Gasteiger partial charge in [0.15, 0.2) is 5.17 Å². The number of hydrogen-bond acceptors (Lipinski definition) is 6. The van der Waals surface area contributed by atoms with Gasteiger partial charge in [-0.3, -0.25) is 0 Å². The van der Waals surface area contributed by atoms with E-state index in [-0.39, 0.29) is 11.7 Å². The first-order chi connectivity index (χ1) is 11.2. The molecule has 1 aromatic carbocycles. The van der Waals surface area contributed by atoms with Gasteiger partial charge >= 0.3 is 0 Å². The Morgan fingerprint density at radius 2 is 2.09 bits per heavy atom. The van der Waals surface area contributed by atoms with Crippen molar-refractivity contribution in [3.8, 4) is 11.1 Å². The van der Waals surface area contributed by atoms with Crippen LogP contribution in [-0.4, -0.2) is 34.1 Å². The predicted molar refractivity (Wildman–Crippen MR) is 87.5 cm³/mol. The number of benzene rings is 1. The fraction of sp³-hybridized carbons (Fsp3) is 0.312. The first-order valence-corrected chi connectivity index (χ1v) is 8.29. The summed E-state index contributed by atoms with van der Waals surface area (Å²) in [7, 11) is 0. The smallest absolute Gasteiger partial charge is 0.154 e. The quantitative estimate of drug-likeness (QED) is 0.914. The second-order valence-electron chi connectivity index (χ2n) is 5.72. The van der Waals surface area contributed by atoms with Crippen molar-refractivity contribution < 1.29 is 9.13 Å². The molecule has 1 saturated heterocycles. The zero-order valence-corrected chi connectivity index (χ0v) is 13.1. The average Bonchev–Trinajstić information content (AvgIpc) is 3.00. The number of aliphatic imine (C=N–C) groups is 1. The highest BCUT2D eigenvalue weighted by Crippen LogP contribution is 2.45. The van der Waals surface area contributed by atoms with E-state index in [9.17, 15) is 4.39 Å². The van der Waals surface area contributed by atoms with Gasteiger partial charge in [0.1, 0.15) is 17.7 Å². The van der Waals surface area contributed by atoms with Gasteiger partial charge in [0.25, 0.3) is 0 Å². The van der Waals surface area contributed by atoms with E-state index < -0.39 is 5.54 Å². The molecule has 2 atom stereocenters. The Bertz CT molecular complexity index is 770. The lowest BCUT2D eigenvalue weighted by atomic mass is 9.80. The molecule has 2 N–H and O–H groups in total. The van der Waals surface area contributed by atoms with E-state index in [0.717, 1.165) is 16.9 Å². The van der Waals surface area contributed by atoms with Gasteiger partial charge < -0.3 is 10.5 Å². The number of ether oxygens (including phenoxy) is 1. The third kappa shape index (κ3) is 2.40. The Hall–Kier alpha value is -1.99. The average molecular weight is 330 g/mol. The standard InChI is InChI=1S/C16H15FN4OS/c17-14-2-1-10(11-4-19-9-20-5-11)3-13(14)16-8-22-6-12(16)7-23-15(18)21-16/h1-5,9,12H,6-8H2,(H2,18,21). The van der Waals surface area contributed by atoms with Crippen LogP contribution in [0.3, 0.4) is 0 Å². The molecule has 5 nitrogen and oxygen atoms in total. The molecule has 1 aromatic heterocycles. The van der Waals surface area contributed by atoms with Crippen LogP contribution in [0, 0.1) is 11.7 Å². The molecule has 1 fully saturated rings. The molecule has 4 rings (SSSR count). The Balaban J connectivity index is 1.86. The van der Waals surface area contributed by atoms with Gasteiger partial charge in [-0.05, 0) is 17.7 Å². The molecule has 0 bridgehead atoms. The summed E-state index contributed by atoms with van der Waals surface area (Å²) in [4.78, 5) is 12.6. The van der Waals surface area contributed by atoms with E-state index in [1.165, 1.54) is 24.2 Å². The lowest BCUT2D eigenvalue weighted by molar-refractivity contribution is 0.176. The third-order valence-corrected chi connectivity index (χ3v) is 5.34. The fourth-order valence-corrected chi connectivity index (χ4v) is 4.15. The SMILES string of the molecule is NC1=NC2(c3cc(-c4cncnc4)ccc3F)COCC2CS1. The van der Waals surface area contributed by atoms with Gasteiger partial charge in [0.2, 0.25) is 0 Å². The fourth-order valence-electron chi connectivity index (χ4n) is 3.18. The molecule has 3 heterocycles. The molecule has 0 amide bonds. The summed E-state index contributed by atoms with van der Waals surface area (Å²) in [5.74, 6) is 0.620. The predicted octanol–water partition coefficient (Wildman–Crippen LogP) is 2.19. The second-order valence-corrected chi connectivity index (χ2v) is 6.76. The van der Waals surface area contributed by atoms with E-state index in [1.807, 2.05) is 6.07 Å². The van der Waals surface area contributed by atoms with Crippen molar-refractivity contribution in [2.24, 2.45) is 16.6 Å². The maximum Gasteiger partial charge on any atom is 0.154 e. The molecule has 0 spiro atoms. The monoisotopic (exact) mass is 330 g/mol. The van der Waals surface area contributed by atoms with Crippen LogP contribution >= 0.6 is 11.8 Å². The van der Waals surface area contributed by atoms with Crippen LogP contribution in [-0.2, 0) is 10.3 Å². The highest BCUT2D eigenvalue weighted by Gasteiger charge is 2.49. The number of halogens is 1. The minimum atomic E-state index is -0.731. The summed E-state index contributed by atoms with van der Waals surface area (Å²) in [6, 6.07) is 5.02. The minimum Gasteiger partial charge on any atom is -0.379 e. The molecular formula is C16H15FN4OS. The van der Waals surface area contributed by atoms with Gasteiger partial charge in [-0.1, -0.05) is 17.8 Å². The zero-order chi connectivity index (χ0) is 15.9. The van der Waals surface area contributed by atoms with Crippen molar-refractivity contribution in [2.45, 2.75) is 5.54 Å². The van der Waals surface area contributed by atoms with Crippen LogP contribution in [0.25, 0.3) is 11.1 Å². The van der Waals surface area contributed by atoms with E-state index in [0.29, 0.717) is 23.9 Å². The molecule has 0 aliphatic carbocycles. The first-order valence-electron chi connectivity index (χ1n) is 7.30. The summed E-state index contributed by atoms with van der Waals surface area (Å²) in [5, 5.41) is 0.486. The van der Waals surface area contributed by atoms with Crippen molar-refractivity contribution >= 4 is 16.9 Å². The van der Waals surface area contributed by atoms with Crippen molar-refractivity contribution in [3.05, 3.63) is 48.3 Å². The number of nitrogens with zero attached hydrogens (tertiary/aromatic N) is 3. The van der Waals surface area contributed by atoms with Gasteiger partial charge in [0.05, 0.1) is 13.2 Å². The Morgan fingerprint density at radius 3 is 2.91 bits per heavy atom. The lowest BCUT2D eigenvalue weighted by Gasteiger charge is -2.34. The van der Waals surface area contributed by atoms with Crippen LogP contribution in [0.5, 0.6) is 0 Å². The van der Waals surface area contributed by atoms with Crippen LogP contribution in [0.2, 0.25) is 0 Å². The van der Waals surface area contributed by atoms with E-state index in [1.54, 1.807) is 18.5 Å². The first kappa shape index (κ1) is 14.6. The van der Waals surface area contributed by atoms with Crippen LogP contribution < -0.4 is 5.73 Å². The summed E-state index contributed by atoms with van der Waals surface area (Å²) >= 11 is 1.50. The zero-order valence-electron chi connectivity index (χ0n) is 12.3. The number of hydrogen-bond donors (Lipinski definition) is 1. The van der Waals surface area contributed by atoms with Crippen molar-refractivity contribution in [2.75, 3.05) is 19.0 Å². The highest BCUT2D eigenvalue weighted by molar-refractivity contribution is 8.13. The molecule has 118 valence electrons. The molecule has 2 aliphatic rings. The lowest BCUT2D eigenvalue weighted by Crippen LogP contribution is -2.40. The topological polar surface area (TPSA) is 73.4 Å². The number of fused-ring (bicyclic) bond motifs is 1. The number of amidine groups is 1. The van der Waals surface area contributed by atoms with Gasteiger partial charge in [-0.15, -0.1) is 0 Å². The molecule has 0 saturated carbocycles. The molecule has 0 radical (unpaired) electrons. The van der Waals surface area contributed by atoms with Crippen LogP contribution in [0.15, 0.2) is 41.9 Å². The number of nitrogens with two attached hydrogens (primary N) is 1. The normalized spacial score (nSPS) is 26.7. The summed E-state index contributed by atoms with van der Waals surface area (Å²) in [6.45, 7) is 0.923. The molecule has 2 aliphatic heterocycles. The Morgan fingerprint density at radius 1 is 1.26 bits per heavy atom. The summed E-state index contributed by atoms with van der Waals surface area (Å²) in [6.07, 6.45) is 4.88. The van der Waals surface area contributed by atoms with Gasteiger partial charge in [-0.25, -0.2) is 19.4 Å². The number of aromatic nitrogens is 2. The summed E-state index contributed by atoms with van der Waals surface area (Å²) in [5.41, 5.74) is 7.42. The Labute approximate surface area is 137 Å². The van der Waals surface area contributed by atoms with Crippen molar-refractivity contribution in [1.29, 1.82) is 0 Å². The third-order valence-electron chi connectivity index (χ3n) is 4.39. The Kier molecular flexibility index (Phi) is 3.54. The largest absolute Gasteiger partial charge is 0.379 e. The summed E-state index contributed by atoms with van der Waals surface area (Å²) < 4.78 is 20.3. The van der Waals surface area contributed by atoms with Crippen molar-refractivity contribution in [3.63, 3.8) is 0 Å². The van der Waals surface area contributed by atoms with E-state index in [2.05, 4.69) is 15.0 Å². The second kappa shape index (κ2) is 5.58. The maximum absolute atomic E-state index is 14.6. The molecular weight excluding hydrogens is 315 g/mol. The van der Waals surface area contributed by atoms with Crippen LogP contribution in [0.1, 0.15) is 5.56 Å².